The summed E-state index contributed by atoms with van der Waals surface area (Å²) in [7, 11) is 0. The minimum absolute atomic E-state index is 0.586. The molecular formula is C20H27N. The Morgan fingerprint density at radius 3 is 2.67 bits per heavy atom. The zero-order valence-electron chi connectivity index (χ0n) is 13.0. The molecule has 1 aromatic rings. The quantitative estimate of drug-likeness (QED) is 0.863. The van der Waals surface area contributed by atoms with Crippen LogP contribution in [0.15, 0.2) is 18.2 Å². The van der Waals surface area contributed by atoms with Crippen LogP contribution in [0.4, 0.5) is 0 Å². The van der Waals surface area contributed by atoms with Crippen molar-refractivity contribution >= 4 is 0 Å². The fourth-order valence-electron chi connectivity index (χ4n) is 5.17. The molecule has 0 spiro atoms. The summed E-state index contributed by atoms with van der Waals surface area (Å²) in [5, 5.41) is 3.85. The molecule has 21 heavy (non-hydrogen) atoms. The van der Waals surface area contributed by atoms with Crippen molar-refractivity contribution in [3.05, 3.63) is 34.9 Å². The average molecular weight is 281 g/mol. The molecule has 1 heteroatoms. The van der Waals surface area contributed by atoms with E-state index in [1.54, 1.807) is 16.7 Å². The first-order valence-electron chi connectivity index (χ1n) is 9.14. The monoisotopic (exact) mass is 281 g/mol. The van der Waals surface area contributed by atoms with Crippen LogP contribution in [0.1, 0.15) is 55.2 Å². The van der Waals surface area contributed by atoms with Gasteiger partial charge in [0.05, 0.1) is 0 Å². The highest BCUT2D eigenvalue weighted by atomic mass is 15.0. The molecule has 0 bridgehead atoms. The molecule has 1 N–H and O–H groups in total. The molecule has 0 saturated heterocycles. The lowest BCUT2D eigenvalue weighted by atomic mass is 9.77. The highest BCUT2D eigenvalue weighted by molar-refractivity contribution is 5.36. The summed E-state index contributed by atoms with van der Waals surface area (Å²) in [5.74, 6) is 2.17. The highest BCUT2D eigenvalue weighted by Crippen LogP contribution is 2.60. The second-order valence-electron chi connectivity index (χ2n) is 8.45. The van der Waals surface area contributed by atoms with E-state index in [9.17, 15) is 0 Å². The Balaban J connectivity index is 1.35. The molecule has 0 aliphatic heterocycles. The summed E-state index contributed by atoms with van der Waals surface area (Å²) >= 11 is 0. The lowest BCUT2D eigenvalue weighted by Crippen LogP contribution is -2.36. The summed E-state index contributed by atoms with van der Waals surface area (Å²) < 4.78 is 0. The van der Waals surface area contributed by atoms with Gasteiger partial charge in [-0.2, -0.15) is 0 Å². The van der Waals surface area contributed by atoms with Gasteiger partial charge in [0.2, 0.25) is 0 Å². The Kier molecular flexibility index (Phi) is 2.77. The van der Waals surface area contributed by atoms with Gasteiger partial charge in [0.25, 0.3) is 0 Å². The number of nitrogens with one attached hydrogen (secondary N) is 1. The molecule has 3 saturated carbocycles. The Morgan fingerprint density at radius 2 is 1.86 bits per heavy atom. The van der Waals surface area contributed by atoms with E-state index < -0.39 is 0 Å². The minimum atomic E-state index is 0.586. The van der Waals surface area contributed by atoms with E-state index in [1.165, 1.54) is 64.3 Å². The molecule has 3 fully saturated rings. The van der Waals surface area contributed by atoms with Gasteiger partial charge in [-0.05, 0) is 91.7 Å². The lowest BCUT2D eigenvalue weighted by molar-refractivity contribution is 0.247. The van der Waals surface area contributed by atoms with Crippen molar-refractivity contribution < 1.29 is 0 Å². The molecule has 0 amide bonds. The zero-order chi connectivity index (χ0) is 13.9. The van der Waals surface area contributed by atoms with Crippen LogP contribution in [0.2, 0.25) is 0 Å². The van der Waals surface area contributed by atoms with Gasteiger partial charge in [0.1, 0.15) is 0 Å². The maximum Gasteiger partial charge on any atom is 0.00684 e. The number of benzene rings is 1. The summed E-state index contributed by atoms with van der Waals surface area (Å²) in [5.41, 5.74) is 5.48. The molecule has 2 unspecified atom stereocenters. The summed E-state index contributed by atoms with van der Waals surface area (Å²) in [6.45, 7) is 1.28. The SMILES string of the molecule is c1cc2c(cc1CC1(CNC3CC3)CC3CC3C1)CCC2. The Labute approximate surface area is 128 Å². The smallest absolute Gasteiger partial charge is 0.00684 e. The molecular weight excluding hydrogens is 254 g/mol. The van der Waals surface area contributed by atoms with E-state index in [-0.39, 0.29) is 0 Å². The first-order chi connectivity index (χ1) is 10.3. The van der Waals surface area contributed by atoms with Crippen LogP contribution in [0.3, 0.4) is 0 Å². The molecule has 4 aliphatic rings. The van der Waals surface area contributed by atoms with Crippen molar-refractivity contribution in [2.45, 2.75) is 63.8 Å². The number of hydrogen-bond donors (Lipinski definition) is 1. The van der Waals surface area contributed by atoms with E-state index in [0.29, 0.717) is 5.41 Å². The van der Waals surface area contributed by atoms with Crippen molar-refractivity contribution in [1.29, 1.82) is 0 Å². The van der Waals surface area contributed by atoms with E-state index in [1.807, 2.05) is 0 Å². The van der Waals surface area contributed by atoms with Crippen molar-refractivity contribution in [3.8, 4) is 0 Å². The number of aryl methyl sites for hydroxylation is 2. The van der Waals surface area contributed by atoms with Gasteiger partial charge in [-0.25, -0.2) is 0 Å². The number of rotatable bonds is 5. The van der Waals surface area contributed by atoms with E-state index in [2.05, 4.69) is 23.5 Å². The van der Waals surface area contributed by atoms with Crippen LogP contribution in [-0.2, 0) is 19.3 Å². The van der Waals surface area contributed by atoms with Crippen LogP contribution in [0, 0.1) is 17.3 Å². The van der Waals surface area contributed by atoms with Gasteiger partial charge in [0.15, 0.2) is 0 Å². The molecule has 0 aromatic heterocycles. The topological polar surface area (TPSA) is 12.0 Å². The van der Waals surface area contributed by atoms with Gasteiger partial charge in [0, 0.05) is 12.6 Å². The first-order valence-corrected chi connectivity index (χ1v) is 9.14. The fraction of sp³-hybridized carbons (Fsp3) is 0.700. The standard InChI is InChI=1S/C20H27N/c1-2-15-5-4-14(8-16(15)3-1)10-20(13-21-19-6-7-19)11-17-9-18(17)12-20/h4-5,8,17-19,21H,1-3,6-7,9-13H2. The third kappa shape index (κ3) is 2.44. The van der Waals surface area contributed by atoms with E-state index in [4.69, 9.17) is 0 Å². The number of hydrogen-bond acceptors (Lipinski definition) is 1. The van der Waals surface area contributed by atoms with E-state index in [0.717, 1.165) is 17.9 Å². The average Bonchev–Trinajstić information content (AvgIpc) is 3.37. The van der Waals surface area contributed by atoms with Crippen molar-refractivity contribution in [2.24, 2.45) is 17.3 Å². The van der Waals surface area contributed by atoms with Crippen LogP contribution >= 0.6 is 0 Å². The van der Waals surface area contributed by atoms with Crippen LogP contribution < -0.4 is 5.32 Å². The lowest BCUT2D eigenvalue weighted by Gasteiger charge is -2.32. The second-order valence-corrected chi connectivity index (χ2v) is 8.45. The molecule has 1 aromatic carbocycles. The Bertz CT molecular complexity index is 547. The predicted octanol–water partition coefficient (Wildman–Crippen LogP) is 3.89. The Hall–Kier alpha value is -0.820. The largest absolute Gasteiger partial charge is 0.313 e. The molecule has 0 radical (unpaired) electrons. The summed E-state index contributed by atoms with van der Waals surface area (Å²) in [4.78, 5) is 0. The van der Waals surface area contributed by atoms with Crippen LogP contribution in [-0.4, -0.2) is 12.6 Å². The zero-order valence-corrected chi connectivity index (χ0v) is 13.0. The fourth-order valence-corrected chi connectivity index (χ4v) is 5.17. The van der Waals surface area contributed by atoms with Crippen LogP contribution in [0.5, 0.6) is 0 Å². The van der Waals surface area contributed by atoms with Crippen LogP contribution in [0.25, 0.3) is 0 Å². The molecule has 112 valence electrons. The third-order valence-corrected chi connectivity index (χ3v) is 6.54. The van der Waals surface area contributed by atoms with Crippen molar-refractivity contribution in [1.82, 2.24) is 5.32 Å². The molecule has 1 nitrogen and oxygen atoms in total. The summed E-state index contributed by atoms with van der Waals surface area (Å²) in [6.07, 6.45) is 12.7. The maximum atomic E-state index is 3.85. The molecule has 4 aliphatic carbocycles. The molecule has 0 heterocycles. The highest BCUT2D eigenvalue weighted by Gasteiger charge is 2.53. The third-order valence-electron chi connectivity index (χ3n) is 6.54. The maximum absolute atomic E-state index is 3.85. The molecule has 2 atom stereocenters. The van der Waals surface area contributed by atoms with Gasteiger partial charge in [-0.15, -0.1) is 0 Å². The van der Waals surface area contributed by atoms with Crippen molar-refractivity contribution in [3.63, 3.8) is 0 Å². The van der Waals surface area contributed by atoms with Gasteiger partial charge in [-0.3, -0.25) is 0 Å². The van der Waals surface area contributed by atoms with Gasteiger partial charge in [-0.1, -0.05) is 18.2 Å². The van der Waals surface area contributed by atoms with Crippen molar-refractivity contribution in [2.75, 3.05) is 6.54 Å². The number of fused-ring (bicyclic) bond motifs is 2. The molecule has 5 rings (SSSR count). The van der Waals surface area contributed by atoms with E-state index >= 15 is 0 Å². The predicted molar refractivity (Wildman–Crippen MR) is 86.5 cm³/mol. The normalized spacial score (nSPS) is 36.6. The van der Waals surface area contributed by atoms with Gasteiger partial charge < -0.3 is 5.32 Å². The second kappa shape index (κ2) is 4.59. The van der Waals surface area contributed by atoms with Gasteiger partial charge >= 0.3 is 0 Å². The first kappa shape index (κ1) is 12.7. The Morgan fingerprint density at radius 1 is 1.05 bits per heavy atom. The minimum Gasteiger partial charge on any atom is -0.313 e. The summed E-state index contributed by atoms with van der Waals surface area (Å²) in [6, 6.07) is 8.27.